The van der Waals surface area contributed by atoms with E-state index >= 15 is 0 Å². The fraction of sp³-hybridized carbons (Fsp3) is 0.188. The van der Waals surface area contributed by atoms with Gasteiger partial charge >= 0.3 is 11.9 Å². The van der Waals surface area contributed by atoms with E-state index in [1.807, 2.05) is 0 Å². The number of carbonyl (C=O) groups is 3. The van der Waals surface area contributed by atoms with Crippen LogP contribution in [0.1, 0.15) is 23.2 Å². The van der Waals surface area contributed by atoms with E-state index in [9.17, 15) is 19.2 Å². The number of rotatable bonds is 7. The van der Waals surface area contributed by atoms with Crippen molar-refractivity contribution in [2.24, 2.45) is 0 Å². The van der Waals surface area contributed by atoms with Gasteiger partial charge in [0.05, 0.1) is 5.69 Å². The Morgan fingerprint density at radius 2 is 1.86 bits per heavy atom. The molecule has 150 valence electrons. The van der Waals surface area contributed by atoms with Gasteiger partial charge in [0.2, 0.25) is 11.6 Å². The van der Waals surface area contributed by atoms with Crippen molar-refractivity contribution in [3.05, 3.63) is 40.2 Å². The second kappa shape index (κ2) is 7.75. The monoisotopic (exact) mass is 401 g/mol. The van der Waals surface area contributed by atoms with Crippen molar-refractivity contribution in [1.82, 2.24) is 30.3 Å². The van der Waals surface area contributed by atoms with E-state index in [2.05, 4.69) is 25.5 Å². The van der Waals surface area contributed by atoms with Crippen molar-refractivity contribution in [3.63, 3.8) is 0 Å². The molecule has 1 aromatic carbocycles. The summed E-state index contributed by atoms with van der Waals surface area (Å²) in [5.41, 5.74) is 5.52. The van der Waals surface area contributed by atoms with Gasteiger partial charge in [0.15, 0.2) is 5.52 Å². The smallest absolute Gasteiger partial charge is 0.326 e. The Kier molecular flexibility index (Phi) is 5.21. The van der Waals surface area contributed by atoms with Crippen LogP contribution in [0.5, 0.6) is 0 Å². The molecule has 0 bridgehead atoms. The van der Waals surface area contributed by atoms with Gasteiger partial charge < -0.3 is 21.3 Å². The highest BCUT2D eigenvalue weighted by atomic mass is 16.4. The van der Waals surface area contributed by atoms with E-state index in [1.54, 1.807) is 0 Å². The van der Waals surface area contributed by atoms with E-state index < -0.39 is 35.9 Å². The number of benzene rings is 1. The van der Waals surface area contributed by atoms with Crippen LogP contribution in [0.15, 0.2) is 29.1 Å². The van der Waals surface area contributed by atoms with E-state index in [0.717, 1.165) is 4.80 Å². The van der Waals surface area contributed by atoms with Crippen molar-refractivity contribution in [3.8, 4) is 5.69 Å². The zero-order valence-electron chi connectivity index (χ0n) is 14.7. The van der Waals surface area contributed by atoms with Crippen molar-refractivity contribution < 1.29 is 24.6 Å². The first kappa shape index (κ1) is 19.5. The molecular formula is C16H15N7O6. The Morgan fingerprint density at radius 1 is 1.17 bits per heavy atom. The number of carboxylic acids is 2. The number of nitrogens with one attached hydrogen (secondary N) is 2. The highest BCUT2D eigenvalue weighted by Crippen LogP contribution is 2.11. The minimum Gasteiger partial charge on any atom is -0.481 e. The van der Waals surface area contributed by atoms with Gasteiger partial charge in [-0.05, 0) is 30.7 Å². The molecule has 29 heavy (non-hydrogen) atoms. The molecule has 0 saturated carbocycles. The number of nitrogens with zero attached hydrogens (tertiary/aromatic N) is 4. The third-order valence-electron chi connectivity index (χ3n) is 3.89. The predicted molar refractivity (Wildman–Crippen MR) is 97.5 cm³/mol. The SMILES string of the molecule is Nc1nc2nn(-c3ccc(C(=O)NC(CCC(=O)O)C(=O)O)cc3)nc2c(=O)[nH]1. The molecule has 13 heteroatoms. The maximum atomic E-state index is 12.2. The zero-order valence-corrected chi connectivity index (χ0v) is 14.7. The lowest BCUT2D eigenvalue weighted by atomic mass is 10.1. The van der Waals surface area contributed by atoms with E-state index in [-0.39, 0.29) is 29.1 Å². The standard InChI is InChI=1S/C16H15N7O6/c17-16-19-12-11(14(27)20-16)21-23(22-12)8-3-1-7(2-4-8)13(26)18-9(15(28)29)5-6-10(24)25/h1-4,9H,5-6H2,(H,18,26)(H,24,25)(H,28,29)(H3,17,19,20,22,27). The minimum atomic E-state index is -1.33. The summed E-state index contributed by atoms with van der Waals surface area (Å²) in [7, 11) is 0. The van der Waals surface area contributed by atoms with Crippen LogP contribution < -0.4 is 16.6 Å². The third kappa shape index (κ3) is 4.35. The van der Waals surface area contributed by atoms with Gasteiger partial charge in [-0.3, -0.25) is 19.4 Å². The number of fused-ring (bicyclic) bond motifs is 1. The maximum Gasteiger partial charge on any atom is 0.326 e. The normalized spacial score (nSPS) is 11.9. The van der Waals surface area contributed by atoms with E-state index in [1.165, 1.54) is 24.3 Å². The number of carbonyl (C=O) groups excluding carboxylic acids is 1. The number of aliphatic carboxylic acids is 2. The molecule has 0 aliphatic carbocycles. The molecule has 0 aliphatic heterocycles. The molecule has 0 spiro atoms. The number of nitrogens with two attached hydrogens (primary N) is 1. The van der Waals surface area contributed by atoms with Crippen molar-refractivity contribution in [1.29, 1.82) is 0 Å². The predicted octanol–water partition coefficient (Wildman–Crippen LogP) is -0.866. The maximum absolute atomic E-state index is 12.2. The lowest BCUT2D eigenvalue weighted by Crippen LogP contribution is -2.41. The number of carboxylic acid groups (broad SMARTS) is 2. The molecule has 13 nitrogen and oxygen atoms in total. The summed E-state index contributed by atoms with van der Waals surface area (Å²) in [6.07, 6.45) is -0.643. The topological polar surface area (TPSA) is 206 Å². The average Bonchev–Trinajstić information content (AvgIpc) is 3.09. The third-order valence-corrected chi connectivity index (χ3v) is 3.89. The van der Waals surface area contributed by atoms with Crippen LogP contribution in [0, 0.1) is 0 Å². The fourth-order valence-corrected chi connectivity index (χ4v) is 2.47. The summed E-state index contributed by atoms with van der Waals surface area (Å²) >= 11 is 0. The van der Waals surface area contributed by atoms with Crippen LogP contribution in [0.3, 0.4) is 0 Å². The summed E-state index contributed by atoms with van der Waals surface area (Å²) in [5.74, 6) is -3.28. The second-order valence-electron chi connectivity index (χ2n) is 5.96. The number of nitrogen functional groups attached to an aromatic ring is 1. The molecule has 1 unspecified atom stereocenters. The number of amides is 1. The van der Waals surface area contributed by atoms with Crippen LogP contribution in [-0.2, 0) is 9.59 Å². The van der Waals surface area contributed by atoms with Crippen LogP contribution in [0.4, 0.5) is 5.95 Å². The number of hydrogen-bond donors (Lipinski definition) is 5. The van der Waals surface area contributed by atoms with Crippen LogP contribution in [0.2, 0.25) is 0 Å². The first-order chi connectivity index (χ1) is 13.7. The summed E-state index contributed by atoms with van der Waals surface area (Å²) in [5, 5.41) is 28.1. The van der Waals surface area contributed by atoms with E-state index in [4.69, 9.17) is 15.9 Å². The Hall–Kier alpha value is -4.29. The number of H-pyrrole nitrogens is 1. The summed E-state index contributed by atoms with van der Waals surface area (Å²) in [6, 6.07) is 4.44. The Balaban J connectivity index is 1.78. The average molecular weight is 401 g/mol. The van der Waals surface area contributed by atoms with Gasteiger partial charge in [-0.15, -0.1) is 15.0 Å². The van der Waals surface area contributed by atoms with Crippen molar-refractivity contribution >= 4 is 35.0 Å². The molecule has 0 saturated heterocycles. The van der Waals surface area contributed by atoms with Crippen LogP contribution >= 0.6 is 0 Å². The molecule has 1 amide bonds. The number of aromatic amines is 1. The molecule has 3 aromatic rings. The molecule has 1 atom stereocenters. The van der Waals surface area contributed by atoms with Gasteiger partial charge in [-0.25, -0.2) is 4.79 Å². The summed E-state index contributed by atoms with van der Waals surface area (Å²) in [4.78, 5) is 53.2. The van der Waals surface area contributed by atoms with Gasteiger partial charge in [-0.1, -0.05) is 0 Å². The zero-order chi connectivity index (χ0) is 21.1. The Morgan fingerprint density at radius 3 is 2.48 bits per heavy atom. The fourth-order valence-electron chi connectivity index (χ4n) is 2.47. The summed E-state index contributed by atoms with van der Waals surface area (Å²) < 4.78 is 0. The number of aromatic nitrogens is 5. The molecule has 2 heterocycles. The molecule has 6 N–H and O–H groups in total. The lowest BCUT2D eigenvalue weighted by molar-refractivity contribution is -0.140. The minimum absolute atomic E-state index is 0.0104. The van der Waals surface area contributed by atoms with Gasteiger partial charge in [0.25, 0.3) is 11.5 Å². The van der Waals surface area contributed by atoms with Crippen molar-refractivity contribution in [2.75, 3.05) is 5.73 Å². The lowest BCUT2D eigenvalue weighted by Gasteiger charge is -2.13. The van der Waals surface area contributed by atoms with Crippen LogP contribution in [0.25, 0.3) is 16.9 Å². The largest absolute Gasteiger partial charge is 0.481 e. The first-order valence-electron chi connectivity index (χ1n) is 8.23. The van der Waals surface area contributed by atoms with Crippen molar-refractivity contribution in [2.45, 2.75) is 18.9 Å². The first-order valence-corrected chi connectivity index (χ1v) is 8.23. The quantitative estimate of drug-likeness (QED) is 0.331. The van der Waals surface area contributed by atoms with Gasteiger partial charge in [-0.2, -0.15) is 4.98 Å². The molecule has 3 rings (SSSR count). The van der Waals surface area contributed by atoms with Gasteiger partial charge in [0.1, 0.15) is 6.04 Å². The number of hydrogen-bond acceptors (Lipinski definition) is 8. The van der Waals surface area contributed by atoms with Crippen LogP contribution in [-0.4, -0.2) is 59.1 Å². The second-order valence-corrected chi connectivity index (χ2v) is 5.96. The highest BCUT2D eigenvalue weighted by molar-refractivity contribution is 5.96. The summed E-state index contributed by atoms with van der Waals surface area (Å²) in [6.45, 7) is 0. The molecule has 0 aliphatic rings. The molecule has 0 fully saturated rings. The molecule has 2 aromatic heterocycles. The number of anilines is 1. The van der Waals surface area contributed by atoms with Gasteiger partial charge in [0, 0.05) is 12.0 Å². The van der Waals surface area contributed by atoms with E-state index in [0.29, 0.717) is 5.69 Å². The highest BCUT2D eigenvalue weighted by Gasteiger charge is 2.21. The molecular weight excluding hydrogens is 386 g/mol. The Labute approximate surface area is 161 Å². The molecule has 0 radical (unpaired) electrons. The Bertz CT molecular complexity index is 1150.